The molecule has 3 amide bonds. The van der Waals surface area contributed by atoms with Crippen LogP contribution in [0.1, 0.15) is 48.4 Å². The number of nitrogens with zero attached hydrogens (tertiary/aromatic N) is 5. The molecule has 8 rings (SSSR count). The number of rotatable bonds is 13. The fraction of sp³-hybridized carbons (Fsp3) is 0.333. The normalized spacial score (nSPS) is 16.2. The van der Waals surface area contributed by atoms with E-state index in [2.05, 4.69) is 44.3 Å². The summed E-state index contributed by atoms with van der Waals surface area (Å²) in [5.41, 5.74) is 7.51. The van der Waals surface area contributed by atoms with Crippen LogP contribution in [0.5, 0.6) is 17.2 Å². The zero-order valence-electron chi connectivity index (χ0n) is 32.9. The number of imide groups is 1. The van der Waals surface area contributed by atoms with Gasteiger partial charge in [-0.05, 0) is 110 Å². The summed E-state index contributed by atoms with van der Waals surface area (Å²) in [7, 11) is 1.83. The molecule has 4 N–H and O–H groups in total. The average molecular weight is 784 g/mol. The zero-order valence-corrected chi connectivity index (χ0v) is 32.9. The monoisotopic (exact) mass is 783 g/mol. The minimum atomic E-state index is -0.486. The van der Waals surface area contributed by atoms with E-state index in [4.69, 9.17) is 4.74 Å². The molecule has 1 atom stereocenters. The highest BCUT2D eigenvalue weighted by atomic mass is 16.5. The lowest BCUT2D eigenvalue weighted by atomic mass is 9.92. The minimum Gasteiger partial charge on any atom is -0.508 e. The molecule has 0 saturated carbocycles. The molecule has 2 aliphatic heterocycles. The van der Waals surface area contributed by atoms with Crippen molar-refractivity contribution >= 4 is 45.2 Å². The number of hydrogen-bond donors (Lipinski definition) is 4. The van der Waals surface area contributed by atoms with Crippen LogP contribution in [0.2, 0.25) is 0 Å². The Kier molecular flexibility index (Phi) is 11.1. The number of aromatic hydroxyl groups is 2. The first-order valence-electron chi connectivity index (χ1n) is 20.0. The highest BCUT2D eigenvalue weighted by Gasteiger charge is 2.32. The standard InChI is InChI=1S/C45H49N7O6/c1-29-37-26-33(54)14-18-39(37)52(43(29)31-10-12-32(53)13-11-31)28-30-8-15-34(16-9-30)58-25-4-3-20-50-21-23-51(24-22-50)41(56)27-46-38-7-5-6-35-42(48-49(2)44(35)38)36-17-19-40(55)47-45(36)57/h5-16,18,26,36,46,53-54H,3-4,17,19-25,27-28H2,1-2H3,(H,47,55,57). The molecule has 0 spiro atoms. The number of phenols is 2. The number of nitrogens with one attached hydrogen (secondary N) is 2. The van der Waals surface area contributed by atoms with Crippen LogP contribution in [0.25, 0.3) is 33.1 Å². The van der Waals surface area contributed by atoms with Gasteiger partial charge < -0.3 is 29.7 Å². The number of hydrogen-bond acceptors (Lipinski definition) is 9. The smallest absolute Gasteiger partial charge is 0.241 e. The second-order valence-electron chi connectivity index (χ2n) is 15.3. The molecular weight excluding hydrogens is 735 g/mol. The van der Waals surface area contributed by atoms with Crippen LogP contribution in [0, 0.1) is 6.92 Å². The molecule has 2 saturated heterocycles. The van der Waals surface area contributed by atoms with Gasteiger partial charge in [-0.3, -0.25) is 29.3 Å². The van der Waals surface area contributed by atoms with Crippen LogP contribution in [0.3, 0.4) is 0 Å². The van der Waals surface area contributed by atoms with Crippen molar-refractivity contribution in [2.24, 2.45) is 7.05 Å². The van der Waals surface area contributed by atoms with Crippen LogP contribution < -0.4 is 15.4 Å². The SMILES string of the molecule is Cc1c(-c2ccc(O)cc2)n(Cc2ccc(OCCCCN3CCN(C(=O)CNc4cccc5c(C6CCC(=O)NC6=O)nn(C)c45)CC3)cc2)c2ccc(O)cc12. The van der Waals surface area contributed by atoms with Gasteiger partial charge in [0, 0.05) is 62.5 Å². The summed E-state index contributed by atoms with van der Waals surface area (Å²) < 4.78 is 10.1. The van der Waals surface area contributed by atoms with E-state index < -0.39 is 5.92 Å². The number of anilines is 1. The van der Waals surface area contributed by atoms with E-state index in [-0.39, 0.29) is 42.2 Å². The summed E-state index contributed by atoms with van der Waals surface area (Å²) in [5, 5.41) is 32.3. The number of piperazine rings is 1. The Morgan fingerprint density at radius 2 is 1.67 bits per heavy atom. The first-order chi connectivity index (χ1) is 28.1. The number of unbranched alkanes of at least 4 members (excludes halogenated alkanes) is 1. The van der Waals surface area contributed by atoms with Gasteiger partial charge >= 0.3 is 0 Å². The van der Waals surface area contributed by atoms with Crippen molar-refractivity contribution in [3.63, 3.8) is 0 Å². The highest BCUT2D eigenvalue weighted by molar-refractivity contribution is 6.04. The largest absolute Gasteiger partial charge is 0.508 e. The van der Waals surface area contributed by atoms with Crippen molar-refractivity contribution < 1.29 is 29.3 Å². The third kappa shape index (κ3) is 8.08. The van der Waals surface area contributed by atoms with E-state index in [1.807, 2.05) is 60.5 Å². The number of benzene rings is 4. The second kappa shape index (κ2) is 16.6. The topological polar surface area (TPSA) is 154 Å². The van der Waals surface area contributed by atoms with Gasteiger partial charge in [0.05, 0.1) is 41.7 Å². The Morgan fingerprint density at radius 1 is 0.914 bits per heavy atom. The number of aryl methyl sites for hydroxylation is 2. The first-order valence-corrected chi connectivity index (χ1v) is 20.0. The van der Waals surface area contributed by atoms with E-state index in [0.717, 1.165) is 88.1 Å². The maximum Gasteiger partial charge on any atom is 0.241 e. The van der Waals surface area contributed by atoms with Crippen LogP contribution in [0.4, 0.5) is 5.69 Å². The third-order valence-corrected chi connectivity index (χ3v) is 11.5. The number of amides is 3. The summed E-state index contributed by atoms with van der Waals surface area (Å²) in [5.74, 6) is 0.259. The second-order valence-corrected chi connectivity index (χ2v) is 15.3. The molecule has 2 aliphatic rings. The van der Waals surface area contributed by atoms with Crippen molar-refractivity contribution in [1.82, 2.24) is 29.5 Å². The number of piperidine rings is 1. The van der Waals surface area contributed by atoms with Gasteiger partial charge in [0.15, 0.2) is 0 Å². The Bertz CT molecular complexity index is 2460. The predicted molar refractivity (Wildman–Crippen MR) is 223 cm³/mol. The molecule has 2 fully saturated rings. The number of carbonyl (C=O) groups is 3. The molecular formula is C45H49N7O6. The number of para-hydroxylation sites is 1. The van der Waals surface area contributed by atoms with Gasteiger partial charge in [-0.25, -0.2) is 0 Å². The maximum atomic E-state index is 13.2. The molecule has 0 radical (unpaired) electrons. The van der Waals surface area contributed by atoms with Crippen molar-refractivity contribution in [1.29, 1.82) is 0 Å². The van der Waals surface area contributed by atoms with Gasteiger partial charge in [-0.1, -0.05) is 24.3 Å². The number of aromatic nitrogens is 3. The fourth-order valence-corrected chi connectivity index (χ4v) is 8.39. The van der Waals surface area contributed by atoms with Crippen molar-refractivity contribution in [3.05, 3.63) is 102 Å². The lowest BCUT2D eigenvalue weighted by Crippen LogP contribution is -2.50. The predicted octanol–water partition coefficient (Wildman–Crippen LogP) is 5.90. The Balaban J connectivity index is 0.778. The van der Waals surface area contributed by atoms with Gasteiger partial charge in [0.2, 0.25) is 17.7 Å². The van der Waals surface area contributed by atoms with Crippen molar-refractivity contribution in [2.75, 3.05) is 51.2 Å². The molecule has 2 aromatic heterocycles. The van der Waals surface area contributed by atoms with E-state index in [1.165, 1.54) is 0 Å². The van der Waals surface area contributed by atoms with E-state index in [0.29, 0.717) is 38.4 Å². The van der Waals surface area contributed by atoms with Gasteiger partial charge in [0.25, 0.3) is 0 Å². The van der Waals surface area contributed by atoms with Crippen LogP contribution in [-0.2, 0) is 28.0 Å². The molecule has 4 heterocycles. The molecule has 4 aromatic carbocycles. The fourth-order valence-electron chi connectivity index (χ4n) is 8.39. The molecule has 0 bridgehead atoms. The van der Waals surface area contributed by atoms with Crippen molar-refractivity contribution in [3.8, 4) is 28.5 Å². The van der Waals surface area contributed by atoms with Crippen molar-refractivity contribution in [2.45, 2.75) is 45.1 Å². The summed E-state index contributed by atoms with van der Waals surface area (Å²) in [6.07, 6.45) is 2.64. The zero-order chi connectivity index (χ0) is 40.3. The number of carbonyl (C=O) groups excluding carboxylic acids is 3. The van der Waals surface area contributed by atoms with Crippen LogP contribution in [0.15, 0.2) is 84.9 Å². The molecule has 13 nitrogen and oxygen atoms in total. The number of ether oxygens (including phenoxy) is 1. The Hall–Kier alpha value is -6.34. The van der Waals surface area contributed by atoms with Gasteiger partial charge in [-0.2, -0.15) is 5.10 Å². The number of phenolic OH excluding ortho intramolecular Hbond substituents is 2. The third-order valence-electron chi connectivity index (χ3n) is 11.5. The number of fused-ring (bicyclic) bond motifs is 2. The molecule has 1 unspecified atom stereocenters. The molecule has 6 aromatic rings. The Labute approximate surface area is 336 Å². The van der Waals surface area contributed by atoms with E-state index in [9.17, 15) is 24.6 Å². The highest BCUT2D eigenvalue weighted by Crippen LogP contribution is 2.37. The summed E-state index contributed by atoms with van der Waals surface area (Å²) >= 11 is 0. The quantitative estimate of drug-likeness (QED) is 0.0829. The van der Waals surface area contributed by atoms with E-state index >= 15 is 0 Å². The van der Waals surface area contributed by atoms with Gasteiger partial charge in [-0.15, -0.1) is 0 Å². The lowest BCUT2D eigenvalue weighted by Gasteiger charge is -2.34. The van der Waals surface area contributed by atoms with Crippen LogP contribution >= 0.6 is 0 Å². The minimum absolute atomic E-state index is 0.0403. The molecule has 0 aliphatic carbocycles. The summed E-state index contributed by atoms with van der Waals surface area (Å²) in [4.78, 5) is 41.8. The van der Waals surface area contributed by atoms with E-state index in [1.54, 1.807) is 28.9 Å². The first kappa shape index (κ1) is 38.5. The average Bonchev–Trinajstić information content (AvgIpc) is 3.70. The Morgan fingerprint density at radius 3 is 2.43 bits per heavy atom. The molecule has 13 heteroatoms. The molecule has 300 valence electrons. The van der Waals surface area contributed by atoms with Gasteiger partial charge in [0.1, 0.15) is 17.2 Å². The maximum absolute atomic E-state index is 13.2. The summed E-state index contributed by atoms with van der Waals surface area (Å²) in [6, 6.07) is 26.6. The van der Waals surface area contributed by atoms with Crippen LogP contribution in [-0.4, -0.2) is 98.0 Å². The summed E-state index contributed by atoms with van der Waals surface area (Å²) in [6.45, 7) is 7.44. The lowest BCUT2D eigenvalue weighted by molar-refractivity contribution is -0.134. The molecule has 58 heavy (non-hydrogen) atoms.